The minimum atomic E-state index is -1.18. The van der Waals surface area contributed by atoms with Crippen LogP contribution < -0.4 is 10.6 Å². The molecule has 0 aromatic heterocycles. The first-order valence-electron chi connectivity index (χ1n) is 18.7. The van der Waals surface area contributed by atoms with Gasteiger partial charge in [-0.25, -0.2) is 4.39 Å². The number of rotatable bonds is 8. The van der Waals surface area contributed by atoms with E-state index in [1.807, 2.05) is 6.20 Å². The van der Waals surface area contributed by atoms with E-state index in [2.05, 4.69) is 32.4 Å². The Balaban J connectivity index is 1.04. The monoisotopic (exact) mass is 625 g/mol. The molecule has 2 N–H and O–H groups in total. The van der Waals surface area contributed by atoms with Gasteiger partial charge in [-0.3, -0.25) is 9.59 Å². The van der Waals surface area contributed by atoms with E-state index in [4.69, 9.17) is 4.74 Å². The lowest BCUT2D eigenvalue weighted by Crippen LogP contribution is -2.73. The van der Waals surface area contributed by atoms with Crippen LogP contribution >= 0.6 is 0 Å². The Morgan fingerprint density at radius 2 is 1.80 bits per heavy atom. The zero-order chi connectivity index (χ0) is 30.7. The van der Waals surface area contributed by atoms with Gasteiger partial charge in [0, 0.05) is 37.8 Å². The van der Waals surface area contributed by atoms with Gasteiger partial charge in [-0.1, -0.05) is 19.3 Å². The highest BCUT2D eigenvalue weighted by Gasteiger charge is 2.61. The molecule has 7 fully saturated rings. The molecule has 9 heteroatoms. The van der Waals surface area contributed by atoms with Gasteiger partial charge in [-0.2, -0.15) is 0 Å². The number of halogens is 1. The predicted molar refractivity (Wildman–Crippen MR) is 171 cm³/mol. The molecule has 8 nitrogen and oxygen atoms in total. The molecule has 0 spiro atoms. The molecule has 3 saturated heterocycles. The van der Waals surface area contributed by atoms with Gasteiger partial charge < -0.3 is 30.1 Å². The van der Waals surface area contributed by atoms with Gasteiger partial charge in [-0.15, -0.1) is 0 Å². The summed E-state index contributed by atoms with van der Waals surface area (Å²) >= 11 is 0. The maximum absolute atomic E-state index is 16.2. The second kappa shape index (κ2) is 12.8. The van der Waals surface area contributed by atoms with Gasteiger partial charge in [0.1, 0.15) is 6.17 Å². The molecule has 4 heterocycles. The Kier molecular flexibility index (Phi) is 8.76. The third kappa shape index (κ3) is 5.69. The molecule has 0 bridgehead atoms. The number of ether oxygens (including phenoxy) is 1. The van der Waals surface area contributed by atoms with Crippen molar-refractivity contribution >= 4 is 11.7 Å². The number of nitrogens with one attached hydrogen (secondary N) is 2. The van der Waals surface area contributed by atoms with E-state index in [-0.39, 0.29) is 48.0 Å². The van der Waals surface area contributed by atoms with Gasteiger partial charge in [0.05, 0.1) is 35.9 Å². The molecule has 4 aliphatic heterocycles. The van der Waals surface area contributed by atoms with E-state index in [9.17, 15) is 9.59 Å². The highest BCUT2D eigenvalue weighted by atomic mass is 19.1. The molecule has 12 atom stereocenters. The lowest BCUT2D eigenvalue weighted by Gasteiger charge is -2.60. The number of alkyl halides is 1. The SMILES string of the molecule is CN1CCCC1CCNC(=O)C1=CN2C3CC4CC5CCCCC5C4CC3OC3C(NCCN4CCCC4)C(F)CC(C1=O)C32. The summed E-state index contributed by atoms with van der Waals surface area (Å²) in [6.07, 6.45) is 15.1. The number of amides is 1. The minimum Gasteiger partial charge on any atom is -0.369 e. The van der Waals surface area contributed by atoms with Crippen LogP contribution in [0.2, 0.25) is 0 Å². The van der Waals surface area contributed by atoms with Crippen molar-refractivity contribution in [2.75, 3.05) is 46.3 Å². The van der Waals surface area contributed by atoms with E-state index in [1.165, 1.54) is 51.4 Å². The zero-order valence-electron chi connectivity index (χ0n) is 27.4. The lowest BCUT2D eigenvalue weighted by molar-refractivity contribution is -0.206. The molecule has 8 rings (SSSR count). The van der Waals surface area contributed by atoms with E-state index in [1.54, 1.807) is 0 Å². The average Bonchev–Trinajstić information content (AvgIpc) is 3.79. The number of carbonyl (C=O) groups excluding carboxylic acids is 2. The summed E-state index contributed by atoms with van der Waals surface area (Å²) in [6, 6.07) is -0.00289. The fourth-order valence-electron chi connectivity index (χ4n) is 11.6. The molecule has 0 aromatic carbocycles. The summed E-state index contributed by atoms with van der Waals surface area (Å²) in [6.45, 7) is 5.57. The fraction of sp³-hybridized carbons (Fsp3) is 0.889. The van der Waals surface area contributed by atoms with Gasteiger partial charge >= 0.3 is 0 Å². The van der Waals surface area contributed by atoms with Crippen LogP contribution in [0.4, 0.5) is 4.39 Å². The smallest absolute Gasteiger partial charge is 0.256 e. The summed E-state index contributed by atoms with van der Waals surface area (Å²) in [4.78, 5) is 34.9. The van der Waals surface area contributed by atoms with E-state index in [0.29, 0.717) is 24.4 Å². The van der Waals surface area contributed by atoms with Crippen LogP contribution in [0, 0.1) is 29.6 Å². The fourth-order valence-corrected chi connectivity index (χ4v) is 11.6. The van der Waals surface area contributed by atoms with E-state index < -0.39 is 18.1 Å². The van der Waals surface area contributed by atoms with E-state index in [0.717, 1.165) is 70.2 Å². The molecule has 8 aliphatic rings. The molecule has 0 aromatic rings. The van der Waals surface area contributed by atoms with Crippen molar-refractivity contribution in [2.24, 2.45) is 29.6 Å². The zero-order valence-corrected chi connectivity index (χ0v) is 27.4. The van der Waals surface area contributed by atoms with Crippen LogP contribution in [-0.2, 0) is 14.3 Å². The number of hydrogen-bond donors (Lipinski definition) is 2. The number of ketones is 1. The third-order valence-corrected chi connectivity index (χ3v) is 13.8. The van der Waals surface area contributed by atoms with Crippen LogP contribution in [0.1, 0.15) is 83.5 Å². The summed E-state index contributed by atoms with van der Waals surface area (Å²) in [5.41, 5.74) is 0.241. The van der Waals surface area contributed by atoms with Crippen molar-refractivity contribution < 1.29 is 18.7 Å². The standard InChI is InChI=1S/C36H56FN5O3/c1-40-13-6-8-24(40)10-11-39-36(44)28-21-42-30-18-23-17-22-7-2-3-9-25(22)26(23)20-31(30)45-35-32(38-12-16-41-14-4-5-15-41)29(37)19-27(33(35)42)34(28)43/h21-27,29-33,35,38H,2-20H2,1H3,(H,39,44). The molecule has 0 radical (unpaired) electrons. The Bertz CT molecular complexity index is 1150. The van der Waals surface area contributed by atoms with Gasteiger partial charge in [0.2, 0.25) is 0 Å². The average molecular weight is 626 g/mol. The number of Topliss-reactive ketones (excluding diaryl/α,β-unsaturated/α-hetero) is 1. The first kappa shape index (κ1) is 30.8. The second-order valence-electron chi connectivity index (χ2n) is 16.1. The van der Waals surface area contributed by atoms with Crippen molar-refractivity contribution in [3.63, 3.8) is 0 Å². The molecule has 250 valence electrons. The molecular weight excluding hydrogens is 569 g/mol. The van der Waals surface area contributed by atoms with Crippen LogP contribution in [0.3, 0.4) is 0 Å². The van der Waals surface area contributed by atoms with Gasteiger partial charge in [0.15, 0.2) is 5.78 Å². The Morgan fingerprint density at radius 1 is 0.956 bits per heavy atom. The molecule has 1 amide bonds. The highest BCUT2D eigenvalue weighted by molar-refractivity contribution is 6.20. The molecular formula is C36H56FN5O3. The third-order valence-electron chi connectivity index (χ3n) is 13.8. The van der Waals surface area contributed by atoms with Crippen molar-refractivity contribution in [3.8, 4) is 0 Å². The number of likely N-dealkylation sites (tertiary alicyclic amines) is 2. The van der Waals surface area contributed by atoms with Crippen LogP contribution in [0.25, 0.3) is 0 Å². The quantitative estimate of drug-likeness (QED) is 0.400. The first-order chi connectivity index (χ1) is 22.0. The minimum absolute atomic E-state index is 0.0219. The number of fused-ring (bicyclic) bond motifs is 5. The van der Waals surface area contributed by atoms with E-state index >= 15 is 4.39 Å². The highest BCUT2D eigenvalue weighted by Crippen LogP contribution is 2.57. The lowest BCUT2D eigenvalue weighted by atomic mass is 9.66. The number of hydrogen-bond acceptors (Lipinski definition) is 7. The summed E-state index contributed by atoms with van der Waals surface area (Å²) in [7, 11) is 2.15. The Labute approximate surface area is 269 Å². The Morgan fingerprint density at radius 3 is 2.62 bits per heavy atom. The predicted octanol–water partition coefficient (Wildman–Crippen LogP) is 3.51. The van der Waals surface area contributed by atoms with Crippen molar-refractivity contribution in [1.29, 1.82) is 0 Å². The molecule has 45 heavy (non-hydrogen) atoms. The van der Waals surface area contributed by atoms with Crippen molar-refractivity contribution in [3.05, 3.63) is 11.8 Å². The normalized spacial score (nSPS) is 44.6. The molecule has 12 unspecified atom stereocenters. The van der Waals surface area contributed by atoms with Crippen LogP contribution in [-0.4, -0.2) is 115 Å². The number of carbonyl (C=O) groups is 2. The summed E-state index contributed by atoms with van der Waals surface area (Å²) < 4.78 is 23.3. The number of morpholine rings is 1. The maximum Gasteiger partial charge on any atom is 0.256 e. The maximum atomic E-state index is 16.2. The van der Waals surface area contributed by atoms with Crippen LogP contribution in [0.5, 0.6) is 0 Å². The molecule has 4 aliphatic carbocycles. The largest absolute Gasteiger partial charge is 0.369 e. The van der Waals surface area contributed by atoms with Crippen molar-refractivity contribution in [1.82, 2.24) is 25.3 Å². The van der Waals surface area contributed by atoms with Crippen molar-refractivity contribution in [2.45, 2.75) is 126 Å². The summed E-state index contributed by atoms with van der Waals surface area (Å²) in [5, 5.41) is 6.69. The topological polar surface area (TPSA) is 77.2 Å². The number of nitrogens with zero attached hydrogens (tertiary/aromatic N) is 3. The van der Waals surface area contributed by atoms with Gasteiger partial charge in [-0.05, 0) is 115 Å². The van der Waals surface area contributed by atoms with Crippen LogP contribution in [0.15, 0.2) is 11.8 Å². The second-order valence-corrected chi connectivity index (χ2v) is 16.1. The molecule has 4 saturated carbocycles. The Hall–Kier alpha value is -1.55. The summed E-state index contributed by atoms with van der Waals surface area (Å²) in [5.74, 6) is 2.04. The first-order valence-corrected chi connectivity index (χ1v) is 18.7. The van der Waals surface area contributed by atoms with Gasteiger partial charge in [0.25, 0.3) is 5.91 Å².